The highest BCUT2D eigenvalue weighted by atomic mass is 35.5. The van der Waals surface area contributed by atoms with Gasteiger partial charge in [0.25, 0.3) is 5.56 Å². The van der Waals surface area contributed by atoms with E-state index in [4.69, 9.17) is 23.9 Å². The molecule has 0 radical (unpaired) electrons. The number of hydrogen-bond donors (Lipinski definition) is 1. The fraction of sp³-hybridized carbons (Fsp3) is 0.286. The predicted octanol–water partition coefficient (Wildman–Crippen LogP) is -0.692. The van der Waals surface area contributed by atoms with Gasteiger partial charge in [-0.1, -0.05) is 6.92 Å². The Bertz CT molecular complexity index is 1720. The summed E-state index contributed by atoms with van der Waals surface area (Å²) in [5, 5.41) is 12.6. The third-order valence-corrected chi connectivity index (χ3v) is 7.79. The summed E-state index contributed by atoms with van der Waals surface area (Å²) in [6.45, 7) is 1.91. The van der Waals surface area contributed by atoms with Gasteiger partial charge in [-0.15, -0.1) is 0 Å². The van der Waals surface area contributed by atoms with Crippen molar-refractivity contribution in [3.63, 3.8) is 0 Å². The Hall–Kier alpha value is -3.99. The van der Waals surface area contributed by atoms with Gasteiger partial charge in [-0.2, -0.15) is 0 Å². The molecule has 7 rings (SSSR count). The average molecular weight is 550 g/mol. The van der Waals surface area contributed by atoms with E-state index in [2.05, 4.69) is 4.98 Å². The number of pyridine rings is 3. The number of H-pyrrole nitrogens is 1. The molecule has 3 aromatic heterocycles. The Morgan fingerprint density at radius 1 is 1.13 bits per heavy atom. The number of carbonyl (C=O) groups is 1. The molecule has 0 saturated heterocycles. The average Bonchev–Trinajstić information content (AvgIpc) is 3.52. The first kappa shape index (κ1) is 25.3. The van der Waals surface area contributed by atoms with E-state index in [-0.39, 0.29) is 49.9 Å². The lowest BCUT2D eigenvalue weighted by atomic mass is 9.83. The molecule has 0 bridgehead atoms. The van der Waals surface area contributed by atoms with Crippen LogP contribution in [0.4, 0.5) is 0 Å². The molecular formula is C28H24ClN3O7. The van der Waals surface area contributed by atoms with E-state index in [9.17, 15) is 14.7 Å². The van der Waals surface area contributed by atoms with Gasteiger partial charge in [0.05, 0.1) is 29.0 Å². The van der Waals surface area contributed by atoms with Crippen molar-refractivity contribution in [2.75, 3.05) is 13.9 Å². The van der Waals surface area contributed by atoms with Crippen molar-refractivity contribution in [3.05, 3.63) is 69.8 Å². The van der Waals surface area contributed by atoms with Crippen LogP contribution in [0, 0.1) is 0 Å². The molecule has 0 aliphatic carbocycles. The van der Waals surface area contributed by atoms with Crippen molar-refractivity contribution in [2.45, 2.75) is 38.2 Å². The highest BCUT2D eigenvalue weighted by Crippen LogP contribution is 2.46. The monoisotopic (exact) mass is 549 g/mol. The number of ether oxygens (including phenoxy) is 4. The molecule has 2 N–H and O–H groups in total. The Balaban J connectivity index is 0.00000277. The fourth-order valence-electron chi connectivity index (χ4n) is 5.89. The lowest BCUT2D eigenvalue weighted by Gasteiger charge is -2.32. The van der Waals surface area contributed by atoms with Crippen molar-refractivity contribution >= 4 is 16.9 Å². The van der Waals surface area contributed by atoms with Crippen LogP contribution >= 0.6 is 0 Å². The SMILES string of the molecule is CC[C@]1(O)c2cc3n(c(=O)c2COC(=O)[C@H]1OC)Cc1c-3nc2cc3c(cc2c1-c1cc[nH+]cc1)OCO3.[Cl-]. The van der Waals surface area contributed by atoms with Gasteiger partial charge in [0.15, 0.2) is 30.0 Å². The molecule has 11 heteroatoms. The topological polar surface area (TPSA) is 123 Å². The van der Waals surface area contributed by atoms with Gasteiger partial charge in [-0.25, -0.2) is 14.8 Å². The number of hydrogen-bond acceptors (Lipinski definition) is 8. The lowest BCUT2D eigenvalue weighted by Crippen LogP contribution is -3.00. The largest absolute Gasteiger partial charge is 1.00 e. The van der Waals surface area contributed by atoms with Crippen molar-refractivity contribution in [1.29, 1.82) is 0 Å². The second kappa shape index (κ2) is 9.04. The Morgan fingerprint density at radius 2 is 1.87 bits per heavy atom. The summed E-state index contributed by atoms with van der Waals surface area (Å²) in [5.74, 6) is 0.540. The van der Waals surface area contributed by atoms with Crippen molar-refractivity contribution in [3.8, 4) is 34.0 Å². The van der Waals surface area contributed by atoms with E-state index >= 15 is 0 Å². The maximum absolute atomic E-state index is 13.9. The minimum absolute atomic E-state index is 0. The van der Waals surface area contributed by atoms with Gasteiger partial charge in [0.1, 0.15) is 12.2 Å². The van der Waals surface area contributed by atoms with Crippen LogP contribution in [0.25, 0.3) is 33.4 Å². The van der Waals surface area contributed by atoms with E-state index in [1.165, 1.54) is 7.11 Å². The number of benzene rings is 1. The van der Waals surface area contributed by atoms with Gasteiger partial charge in [-0.05, 0) is 29.7 Å². The summed E-state index contributed by atoms with van der Waals surface area (Å²) in [4.78, 5) is 34.6. The summed E-state index contributed by atoms with van der Waals surface area (Å²) in [6.07, 6.45) is 2.57. The quantitative estimate of drug-likeness (QED) is 0.293. The number of nitrogens with one attached hydrogen (secondary N) is 1. The van der Waals surface area contributed by atoms with E-state index < -0.39 is 17.7 Å². The third kappa shape index (κ3) is 3.48. The van der Waals surface area contributed by atoms with Crippen LogP contribution in [0.1, 0.15) is 30.0 Å². The van der Waals surface area contributed by atoms with Crippen LogP contribution in [-0.2, 0) is 33.0 Å². The molecule has 4 aromatic rings. The molecule has 0 spiro atoms. The summed E-state index contributed by atoms with van der Waals surface area (Å²) >= 11 is 0. The van der Waals surface area contributed by atoms with Crippen LogP contribution in [0.3, 0.4) is 0 Å². The summed E-state index contributed by atoms with van der Waals surface area (Å²) < 4.78 is 23.6. The molecule has 6 heterocycles. The van der Waals surface area contributed by atoms with E-state index in [1.54, 1.807) is 17.6 Å². The maximum atomic E-state index is 13.9. The van der Waals surface area contributed by atoms with Gasteiger partial charge in [0, 0.05) is 41.8 Å². The van der Waals surface area contributed by atoms with Gasteiger partial charge < -0.3 is 41.0 Å². The van der Waals surface area contributed by atoms with Crippen LogP contribution in [0.2, 0.25) is 0 Å². The van der Waals surface area contributed by atoms with Gasteiger partial charge in [0.2, 0.25) is 6.79 Å². The summed E-state index contributed by atoms with van der Waals surface area (Å²) in [7, 11) is 1.34. The molecule has 0 unspecified atom stereocenters. The first-order valence-corrected chi connectivity index (χ1v) is 12.4. The normalized spacial score (nSPS) is 20.5. The number of cyclic esters (lactones) is 1. The molecular weight excluding hydrogens is 526 g/mol. The molecule has 1 aromatic carbocycles. The smallest absolute Gasteiger partial charge is 0.338 e. The summed E-state index contributed by atoms with van der Waals surface area (Å²) in [5.41, 5.74) is 3.12. The lowest BCUT2D eigenvalue weighted by molar-refractivity contribution is -0.377. The van der Waals surface area contributed by atoms with E-state index in [0.29, 0.717) is 34.0 Å². The van der Waals surface area contributed by atoms with Crippen molar-refractivity contribution < 1.29 is 46.2 Å². The highest BCUT2D eigenvalue weighted by Gasteiger charge is 2.48. The third-order valence-electron chi connectivity index (χ3n) is 7.79. The molecule has 3 aliphatic heterocycles. The number of halogens is 1. The molecule has 0 amide bonds. The maximum Gasteiger partial charge on any atom is 0.338 e. The number of carbonyl (C=O) groups excluding carboxylic acids is 1. The molecule has 3 aliphatic rings. The number of fused-ring (bicyclic) bond motifs is 6. The fourth-order valence-corrected chi connectivity index (χ4v) is 5.89. The predicted molar refractivity (Wildman–Crippen MR) is 133 cm³/mol. The Morgan fingerprint density at radius 3 is 2.59 bits per heavy atom. The van der Waals surface area contributed by atoms with Gasteiger partial charge in [-0.3, -0.25) is 4.79 Å². The standard InChI is InChI=1S/C28H23N3O7.ClH/c1-3-28(34)18-9-20-24-16(11-31(20)26(32)17(18)12-36-27(33)25(28)35-2)23(14-4-6-29-7-5-14)15-8-21-22(38-13-37-21)10-19(15)30-24;/h4-10,25,34H,3,11-13H2,1-2H3;1H/t25-,28+;/m1./s1. The Kier molecular flexibility index (Phi) is 5.87. The van der Waals surface area contributed by atoms with Crippen molar-refractivity contribution in [2.24, 2.45) is 0 Å². The number of rotatable bonds is 3. The molecule has 10 nitrogen and oxygen atoms in total. The molecule has 39 heavy (non-hydrogen) atoms. The van der Waals surface area contributed by atoms with Crippen LogP contribution in [-0.4, -0.2) is 40.6 Å². The van der Waals surface area contributed by atoms with Gasteiger partial charge >= 0.3 is 5.97 Å². The van der Waals surface area contributed by atoms with Crippen molar-refractivity contribution in [1.82, 2.24) is 9.55 Å². The molecule has 0 saturated carbocycles. The molecule has 2 atom stereocenters. The first-order valence-electron chi connectivity index (χ1n) is 12.4. The number of nitrogens with zero attached hydrogens (tertiary/aromatic N) is 2. The minimum atomic E-state index is -1.74. The summed E-state index contributed by atoms with van der Waals surface area (Å²) in [6, 6.07) is 9.47. The van der Waals surface area contributed by atoms with E-state index in [1.807, 2.05) is 36.7 Å². The molecule has 200 valence electrons. The second-order valence-electron chi connectivity index (χ2n) is 9.64. The zero-order chi connectivity index (χ0) is 26.2. The second-order valence-corrected chi connectivity index (χ2v) is 9.64. The van der Waals surface area contributed by atoms with Crippen LogP contribution in [0.5, 0.6) is 11.5 Å². The van der Waals surface area contributed by atoms with Crippen LogP contribution < -0.4 is 32.4 Å². The molecule has 0 fully saturated rings. The minimum Gasteiger partial charge on any atom is -1.00 e. The number of aromatic nitrogens is 3. The number of aliphatic hydroxyl groups is 1. The number of methoxy groups -OCH3 is 1. The Labute approximate surface area is 228 Å². The number of esters is 1. The van der Waals surface area contributed by atoms with Crippen LogP contribution in [0.15, 0.2) is 47.5 Å². The number of aromatic amines is 1. The highest BCUT2D eigenvalue weighted by molar-refractivity contribution is 6.01. The zero-order valence-electron chi connectivity index (χ0n) is 21.1. The zero-order valence-corrected chi connectivity index (χ0v) is 21.9. The first-order chi connectivity index (χ1) is 18.4. The van der Waals surface area contributed by atoms with E-state index in [0.717, 1.165) is 22.1 Å².